The van der Waals surface area contributed by atoms with Gasteiger partial charge in [0, 0.05) is 36.2 Å². The first-order valence-electron chi connectivity index (χ1n) is 12.0. The quantitative estimate of drug-likeness (QED) is 0.533. The molecule has 5 rings (SSSR count). The zero-order chi connectivity index (χ0) is 27.5. The van der Waals surface area contributed by atoms with Crippen LogP contribution >= 0.6 is 11.6 Å². The van der Waals surface area contributed by atoms with E-state index in [1.54, 1.807) is 23.4 Å². The lowest BCUT2D eigenvalue weighted by molar-refractivity contribution is -0.137. The number of fused-ring (bicyclic) bond motifs is 3. The molecule has 2 amide bonds. The van der Waals surface area contributed by atoms with Crippen LogP contribution in [0.3, 0.4) is 0 Å². The van der Waals surface area contributed by atoms with Crippen molar-refractivity contribution in [3.8, 4) is 0 Å². The van der Waals surface area contributed by atoms with Crippen molar-refractivity contribution in [2.75, 3.05) is 6.54 Å². The number of H-pyrrole nitrogens is 1. The fourth-order valence-corrected chi connectivity index (χ4v) is 5.36. The van der Waals surface area contributed by atoms with Gasteiger partial charge >= 0.3 is 6.18 Å². The Bertz CT molecular complexity index is 1500. The van der Waals surface area contributed by atoms with Crippen LogP contribution in [-0.4, -0.2) is 54.2 Å². The number of hydrogen-bond donors (Lipinski definition) is 1. The first-order chi connectivity index (χ1) is 17.9. The molecule has 200 valence electrons. The first-order valence-corrected chi connectivity index (χ1v) is 12.4. The summed E-state index contributed by atoms with van der Waals surface area (Å²) in [6.07, 6.45) is -2.87. The van der Waals surface area contributed by atoms with Gasteiger partial charge in [-0.25, -0.2) is 5.10 Å². The summed E-state index contributed by atoms with van der Waals surface area (Å²) in [5.74, 6) is -0.904. The van der Waals surface area contributed by atoms with Gasteiger partial charge in [0.15, 0.2) is 0 Å². The minimum Gasteiger partial charge on any atom is -0.331 e. The van der Waals surface area contributed by atoms with E-state index in [2.05, 4.69) is 15.3 Å². The normalized spacial score (nSPS) is 20.2. The summed E-state index contributed by atoms with van der Waals surface area (Å²) in [6, 6.07) is 3.48. The number of carbonyl (C=O) groups is 2. The molecular weight excluding hydrogens is 525 g/mol. The van der Waals surface area contributed by atoms with Crippen LogP contribution in [-0.2, 0) is 19.1 Å². The fourth-order valence-electron chi connectivity index (χ4n) is 5.14. The molecule has 0 saturated carbocycles. The van der Waals surface area contributed by atoms with Gasteiger partial charge in [0.05, 0.1) is 41.1 Å². The first kappa shape index (κ1) is 26.0. The molecule has 3 atom stereocenters. The molecule has 4 heterocycles. The van der Waals surface area contributed by atoms with Gasteiger partial charge < -0.3 is 9.80 Å². The van der Waals surface area contributed by atoms with Gasteiger partial charge in [-0.15, -0.1) is 0 Å². The lowest BCUT2D eigenvalue weighted by Gasteiger charge is -2.37. The van der Waals surface area contributed by atoms with E-state index in [1.807, 2.05) is 6.92 Å². The van der Waals surface area contributed by atoms with E-state index >= 15 is 0 Å². The molecule has 2 aromatic heterocycles. The molecule has 0 bridgehead atoms. The SMILES string of the molecule is CC(c1cn[nH]c(=O)c1)N1C[C@@H](C)n2nc3c(c2C1=O)CN(C(=O)c1ccc(Cl)c(C(F)(F)F)c1)[C@H](C)C3. The highest BCUT2D eigenvalue weighted by Gasteiger charge is 2.41. The second-order valence-electron chi connectivity index (χ2n) is 9.76. The van der Waals surface area contributed by atoms with Crippen molar-refractivity contribution in [3.63, 3.8) is 0 Å². The molecule has 0 spiro atoms. The highest BCUT2D eigenvalue weighted by molar-refractivity contribution is 6.31. The van der Waals surface area contributed by atoms with Crippen LogP contribution in [0.1, 0.15) is 76.1 Å². The number of halogens is 4. The molecule has 9 nitrogen and oxygen atoms in total. The third-order valence-electron chi connectivity index (χ3n) is 7.20. The van der Waals surface area contributed by atoms with Crippen LogP contribution in [0.15, 0.2) is 35.3 Å². The number of carbonyl (C=O) groups excluding carboxylic acids is 2. The van der Waals surface area contributed by atoms with E-state index in [4.69, 9.17) is 11.6 Å². The third kappa shape index (κ3) is 4.36. The molecule has 3 aromatic rings. The Morgan fingerprint density at radius 1 is 1.18 bits per heavy atom. The molecule has 1 N–H and O–H groups in total. The van der Waals surface area contributed by atoms with Crippen LogP contribution in [0.4, 0.5) is 13.2 Å². The molecule has 1 unspecified atom stereocenters. The van der Waals surface area contributed by atoms with E-state index in [9.17, 15) is 27.6 Å². The van der Waals surface area contributed by atoms with Crippen molar-refractivity contribution in [1.82, 2.24) is 29.8 Å². The third-order valence-corrected chi connectivity index (χ3v) is 7.53. The van der Waals surface area contributed by atoms with Crippen molar-refractivity contribution in [2.24, 2.45) is 0 Å². The maximum atomic E-state index is 13.7. The number of aromatic amines is 1. The number of amides is 2. The smallest absolute Gasteiger partial charge is 0.331 e. The Morgan fingerprint density at radius 2 is 1.92 bits per heavy atom. The largest absolute Gasteiger partial charge is 0.417 e. The highest BCUT2D eigenvalue weighted by atomic mass is 35.5. The Kier molecular flexibility index (Phi) is 6.33. The Labute approximate surface area is 220 Å². The van der Waals surface area contributed by atoms with E-state index in [0.717, 1.165) is 12.1 Å². The van der Waals surface area contributed by atoms with Crippen molar-refractivity contribution >= 4 is 23.4 Å². The fraction of sp³-hybridized carbons (Fsp3) is 0.400. The predicted molar refractivity (Wildman–Crippen MR) is 131 cm³/mol. The topological polar surface area (TPSA) is 104 Å². The summed E-state index contributed by atoms with van der Waals surface area (Å²) >= 11 is 5.73. The van der Waals surface area contributed by atoms with Gasteiger partial charge in [-0.1, -0.05) is 11.6 Å². The average molecular weight is 549 g/mol. The van der Waals surface area contributed by atoms with Gasteiger partial charge in [0.25, 0.3) is 17.4 Å². The number of aromatic nitrogens is 4. The summed E-state index contributed by atoms with van der Waals surface area (Å²) < 4.78 is 41.9. The Morgan fingerprint density at radius 3 is 2.61 bits per heavy atom. The van der Waals surface area contributed by atoms with Crippen molar-refractivity contribution < 1.29 is 22.8 Å². The van der Waals surface area contributed by atoms with E-state index in [1.165, 1.54) is 23.2 Å². The molecule has 38 heavy (non-hydrogen) atoms. The summed E-state index contributed by atoms with van der Waals surface area (Å²) in [5, 5.41) is 10.3. The highest BCUT2D eigenvalue weighted by Crippen LogP contribution is 2.37. The number of benzene rings is 1. The van der Waals surface area contributed by atoms with Crippen LogP contribution in [0.25, 0.3) is 0 Å². The summed E-state index contributed by atoms with van der Waals surface area (Å²) in [5.41, 5.74) is 0.546. The lowest BCUT2D eigenvalue weighted by atomic mass is 9.96. The summed E-state index contributed by atoms with van der Waals surface area (Å²) in [4.78, 5) is 42.0. The van der Waals surface area contributed by atoms with E-state index < -0.39 is 28.7 Å². The molecule has 0 aliphatic carbocycles. The monoisotopic (exact) mass is 548 g/mol. The van der Waals surface area contributed by atoms with Gasteiger partial charge in [0.1, 0.15) is 5.69 Å². The lowest BCUT2D eigenvalue weighted by Crippen LogP contribution is -2.45. The molecule has 0 saturated heterocycles. The molecule has 2 aliphatic heterocycles. The second-order valence-corrected chi connectivity index (χ2v) is 10.2. The van der Waals surface area contributed by atoms with E-state index in [0.29, 0.717) is 35.5 Å². The van der Waals surface area contributed by atoms with Crippen molar-refractivity contribution in [1.29, 1.82) is 0 Å². The van der Waals surface area contributed by atoms with E-state index in [-0.39, 0.29) is 35.7 Å². The van der Waals surface area contributed by atoms with Gasteiger partial charge in [0.2, 0.25) is 0 Å². The number of alkyl halides is 3. The number of nitrogens with zero attached hydrogens (tertiary/aromatic N) is 5. The maximum Gasteiger partial charge on any atom is 0.417 e. The van der Waals surface area contributed by atoms with Crippen LogP contribution in [0.2, 0.25) is 5.02 Å². The van der Waals surface area contributed by atoms with Gasteiger partial charge in [-0.2, -0.15) is 23.4 Å². The number of hydrogen-bond acceptors (Lipinski definition) is 5. The molecule has 0 fully saturated rings. The zero-order valence-electron chi connectivity index (χ0n) is 20.7. The van der Waals surface area contributed by atoms with Gasteiger partial charge in [-0.3, -0.25) is 19.1 Å². The maximum absolute atomic E-state index is 13.7. The predicted octanol–water partition coefficient (Wildman–Crippen LogP) is 4.00. The van der Waals surface area contributed by atoms with Crippen LogP contribution in [0, 0.1) is 0 Å². The Hall–Kier alpha value is -3.67. The van der Waals surface area contributed by atoms with Gasteiger partial charge in [-0.05, 0) is 44.5 Å². The number of rotatable bonds is 3. The molecule has 13 heteroatoms. The van der Waals surface area contributed by atoms with Crippen LogP contribution < -0.4 is 5.56 Å². The summed E-state index contributed by atoms with van der Waals surface area (Å²) in [6.45, 7) is 5.88. The standard InChI is InChI=1S/C25H24ClF3N6O3/c1-12-6-20-17(11-33(12)23(37)15-4-5-19(26)18(7-15)25(27,28)29)22-24(38)34(10-13(2)35(22)32-20)14(3)16-8-21(36)31-30-9-16/h4-5,7-9,12-14H,6,10-11H2,1-3H3,(H,31,36)/t12-,13-,14?/m1/s1. The minimum atomic E-state index is -4.71. The minimum absolute atomic E-state index is 0.0158. The zero-order valence-corrected chi connectivity index (χ0v) is 21.5. The molecule has 0 radical (unpaired) electrons. The van der Waals surface area contributed by atoms with Crippen molar-refractivity contribution in [2.45, 2.75) is 58.0 Å². The molecular formula is C25H24ClF3N6O3. The average Bonchev–Trinajstić information content (AvgIpc) is 3.23. The van der Waals surface area contributed by atoms with Crippen LogP contribution in [0.5, 0.6) is 0 Å². The molecule has 2 aliphatic rings. The molecule has 1 aromatic carbocycles. The Balaban J connectivity index is 1.49. The second kappa shape index (κ2) is 9.26. The summed E-state index contributed by atoms with van der Waals surface area (Å²) in [7, 11) is 0. The van der Waals surface area contributed by atoms with Crippen molar-refractivity contribution in [3.05, 3.63) is 79.5 Å². The number of nitrogens with one attached hydrogen (secondary N) is 1.